The molecular weight excluding hydrogens is 524 g/mol. The largest absolute Gasteiger partial charge is 0.507 e. The van der Waals surface area contributed by atoms with E-state index in [0.29, 0.717) is 74.4 Å². The zero-order chi connectivity index (χ0) is 29.2. The van der Waals surface area contributed by atoms with Crippen molar-refractivity contribution in [2.75, 3.05) is 59.2 Å². The zero-order valence-electron chi connectivity index (χ0n) is 24.4. The lowest BCUT2D eigenvalue weighted by molar-refractivity contribution is -0.140. The lowest BCUT2D eigenvalue weighted by Crippen LogP contribution is -2.39. The van der Waals surface area contributed by atoms with Crippen LogP contribution < -0.4 is 14.2 Å². The number of amides is 1. The van der Waals surface area contributed by atoms with Gasteiger partial charge in [-0.25, -0.2) is 0 Å². The Morgan fingerprint density at radius 2 is 1.61 bits per heavy atom. The summed E-state index contributed by atoms with van der Waals surface area (Å²) in [6.07, 6.45) is 2.41. The third-order valence-corrected chi connectivity index (χ3v) is 7.16. The Bertz CT molecular complexity index is 1210. The summed E-state index contributed by atoms with van der Waals surface area (Å²) in [6, 6.07) is 11.6. The molecule has 0 aromatic heterocycles. The van der Waals surface area contributed by atoms with E-state index >= 15 is 0 Å². The minimum absolute atomic E-state index is 0.0632. The smallest absolute Gasteiger partial charge is 0.295 e. The molecule has 2 fully saturated rings. The van der Waals surface area contributed by atoms with Crippen LogP contribution in [-0.4, -0.2) is 85.8 Å². The van der Waals surface area contributed by atoms with Gasteiger partial charge in [0.25, 0.3) is 11.7 Å². The molecule has 2 aliphatic heterocycles. The lowest BCUT2D eigenvalue weighted by atomic mass is 9.95. The molecule has 4 rings (SSSR count). The number of rotatable bonds is 14. The van der Waals surface area contributed by atoms with E-state index in [1.54, 1.807) is 29.2 Å². The van der Waals surface area contributed by atoms with Crippen molar-refractivity contribution in [3.8, 4) is 17.2 Å². The summed E-state index contributed by atoms with van der Waals surface area (Å²) in [7, 11) is 0. The van der Waals surface area contributed by atoms with E-state index in [9.17, 15) is 14.7 Å². The van der Waals surface area contributed by atoms with Crippen LogP contribution in [0.2, 0.25) is 0 Å². The predicted molar refractivity (Wildman–Crippen MR) is 157 cm³/mol. The molecular formula is C32H42N2O7. The topological polar surface area (TPSA) is 97.8 Å². The number of carbonyl (C=O) groups excluding carboxylic acids is 2. The highest BCUT2D eigenvalue weighted by molar-refractivity contribution is 6.46. The molecule has 1 N–H and O–H groups in total. The summed E-state index contributed by atoms with van der Waals surface area (Å²) < 4.78 is 22.9. The molecule has 2 heterocycles. The molecule has 9 nitrogen and oxygen atoms in total. The monoisotopic (exact) mass is 566 g/mol. The Morgan fingerprint density at radius 1 is 0.902 bits per heavy atom. The molecule has 1 unspecified atom stereocenters. The Balaban J connectivity index is 1.70. The number of benzene rings is 2. The van der Waals surface area contributed by atoms with Gasteiger partial charge in [-0.1, -0.05) is 19.9 Å². The van der Waals surface area contributed by atoms with E-state index in [0.717, 1.165) is 32.5 Å². The Kier molecular flexibility index (Phi) is 11.0. The van der Waals surface area contributed by atoms with Crippen LogP contribution in [0, 0.1) is 0 Å². The van der Waals surface area contributed by atoms with E-state index in [-0.39, 0.29) is 11.3 Å². The van der Waals surface area contributed by atoms with Crippen molar-refractivity contribution >= 4 is 17.4 Å². The van der Waals surface area contributed by atoms with Gasteiger partial charge in [-0.05, 0) is 68.1 Å². The zero-order valence-corrected chi connectivity index (χ0v) is 24.4. The molecule has 1 amide bonds. The molecule has 222 valence electrons. The van der Waals surface area contributed by atoms with Gasteiger partial charge in [0.1, 0.15) is 11.5 Å². The van der Waals surface area contributed by atoms with Gasteiger partial charge in [0.15, 0.2) is 11.5 Å². The van der Waals surface area contributed by atoms with E-state index in [4.69, 9.17) is 18.9 Å². The van der Waals surface area contributed by atoms with Gasteiger partial charge in [0.2, 0.25) is 0 Å². The van der Waals surface area contributed by atoms with Crippen LogP contribution in [0.4, 0.5) is 0 Å². The number of morpholine rings is 1. The first-order valence-electron chi connectivity index (χ1n) is 14.7. The maximum absolute atomic E-state index is 13.5. The van der Waals surface area contributed by atoms with Crippen LogP contribution in [0.3, 0.4) is 0 Å². The maximum Gasteiger partial charge on any atom is 0.295 e. The summed E-state index contributed by atoms with van der Waals surface area (Å²) >= 11 is 0. The average molecular weight is 567 g/mol. The van der Waals surface area contributed by atoms with E-state index in [1.165, 1.54) is 0 Å². The van der Waals surface area contributed by atoms with Crippen molar-refractivity contribution in [3.05, 3.63) is 59.2 Å². The molecule has 2 aromatic rings. The van der Waals surface area contributed by atoms with E-state index < -0.39 is 17.7 Å². The van der Waals surface area contributed by atoms with Crippen molar-refractivity contribution in [1.82, 2.24) is 9.80 Å². The second-order valence-electron chi connectivity index (χ2n) is 10.2. The van der Waals surface area contributed by atoms with Crippen LogP contribution in [-0.2, 0) is 14.3 Å². The molecule has 2 aromatic carbocycles. The number of ketones is 1. The number of likely N-dealkylation sites (tertiary alicyclic amines) is 1. The Morgan fingerprint density at radius 3 is 2.29 bits per heavy atom. The minimum Gasteiger partial charge on any atom is -0.507 e. The van der Waals surface area contributed by atoms with Crippen LogP contribution in [0.15, 0.2) is 48.0 Å². The second-order valence-corrected chi connectivity index (χ2v) is 10.2. The normalized spacial score (nSPS) is 19.0. The van der Waals surface area contributed by atoms with Gasteiger partial charge < -0.3 is 29.0 Å². The number of aliphatic hydroxyl groups is 1. The SMILES string of the molecule is CCCOc1ccc(/C(O)=C2\C(=O)C(=O)N(CCCN3CCOCC3)C2c2ccc(OCCC)c(OCC)c2)cc1. The van der Waals surface area contributed by atoms with Gasteiger partial charge in [-0.15, -0.1) is 0 Å². The molecule has 0 saturated carbocycles. The Labute approximate surface area is 242 Å². The quantitative estimate of drug-likeness (QED) is 0.198. The number of nitrogens with zero attached hydrogens (tertiary/aromatic N) is 2. The van der Waals surface area contributed by atoms with Gasteiger partial charge >= 0.3 is 0 Å². The van der Waals surface area contributed by atoms with Crippen molar-refractivity contribution in [3.63, 3.8) is 0 Å². The highest BCUT2D eigenvalue weighted by Gasteiger charge is 2.46. The van der Waals surface area contributed by atoms with Crippen molar-refractivity contribution < 1.29 is 33.6 Å². The number of carbonyl (C=O) groups is 2. The fourth-order valence-corrected chi connectivity index (χ4v) is 5.13. The van der Waals surface area contributed by atoms with Crippen LogP contribution in [0.25, 0.3) is 5.76 Å². The summed E-state index contributed by atoms with van der Waals surface area (Å²) in [5.74, 6) is 0.280. The van der Waals surface area contributed by atoms with Crippen molar-refractivity contribution in [2.45, 2.75) is 46.1 Å². The van der Waals surface area contributed by atoms with Crippen LogP contribution in [0.5, 0.6) is 17.2 Å². The maximum atomic E-state index is 13.5. The number of aliphatic hydroxyl groups excluding tert-OH is 1. The number of hydrogen-bond acceptors (Lipinski definition) is 8. The number of hydrogen-bond donors (Lipinski definition) is 1. The van der Waals surface area contributed by atoms with Crippen LogP contribution >= 0.6 is 0 Å². The number of Topliss-reactive ketones (excluding diaryl/α,β-unsaturated/α-hetero) is 1. The number of ether oxygens (including phenoxy) is 4. The summed E-state index contributed by atoms with van der Waals surface area (Å²) in [5.41, 5.74) is 1.18. The van der Waals surface area contributed by atoms with Crippen LogP contribution in [0.1, 0.15) is 57.2 Å². The molecule has 0 radical (unpaired) electrons. The Hall–Kier alpha value is -3.56. The van der Waals surface area contributed by atoms with E-state index in [2.05, 4.69) is 4.90 Å². The van der Waals surface area contributed by atoms with Gasteiger partial charge in [0, 0.05) is 31.7 Å². The summed E-state index contributed by atoms with van der Waals surface area (Å²) in [4.78, 5) is 30.8. The first kappa shape index (κ1) is 30.4. The first-order valence-corrected chi connectivity index (χ1v) is 14.7. The summed E-state index contributed by atoms with van der Waals surface area (Å²) in [6.45, 7) is 11.7. The van der Waals surface area contributed by atoms with Crippen molar-refractivity contribution in [2.24, 2.45) is 0 Å². The molecule has 0 spiro atoms. The first-order chi connectivity index (χ1) is 20.0. The molecule has 2 aliphatic rings. The van der Waals surface area contributed by atoms with Gasteiger partial charge in [-0.3, -0.25) is 14.5 Å². The molecule has 0 bridgehead atoms. The molecule has 0 aliphatic carbocycles. The third-order valence-electron chi connectivity index (χ3n) is 7.16. The third kappa shape index (κ3) is 7.40. The minimum atomic E-state index is -0.768. The van der Waals surface area contributed by atoms with Gasteiger partial charge in [0.05, 0.1) is 44.6 Å². The molecule has 41 heavy (non-hydrogen) atoms. The molecule has 2 saturated heterocycles. The fraction of sp³-hybridized carbons (Fsp3) is 0.500. The highest BCUT2D eigenvalue weighted by Crippen LogP contribution is 2.42. The van der Waals surface area contributed by atoms with Gasteiger partial charge in [-0.2, -0.15) is 0 Å². The molecule has 1 atom stereocenters. The lowest BCUT2D eigenvalue weighted by Gasteiger charge is -2.29. The predicted octanol–water partition coefficient (Wildman–Crippen LogP) is 4.81. The molecule has 9 heteroatoms. The highest BCUT2D eigenvalue weighted by atomic mass is 16.5. The average Bonchev–Trinajstić information content (AvgIpc) is 3.25. The standard InChI is InChI=1S/C32H42N2O7/c1-4-18-40-25-11-8-23(9-12-25)30(35)28-29(24-10-13-26(41-19-5-2)27(22-24)39-6-3)34(32(37)31(28)36)15-7-14-33-16-20-38-21-17-33/h8-13,22,29,35H,4-7,14-21H2,1-3H3/b30-28+. The fourth-order valence-electron chi connectivity index (χ4n) is 5.13. The van der Waals surface area contributed by atoms with Crippen molar-refractivity contribution in [1.29, 1.82) is 0 Å². The second kappa shape index (κ2) is 14.9. The summed E-state index contributed by atoms with van der Waals surface area (Å²) in [5, 5.41) is 11.5. The van der Waals surface area contributed by atoms with E-state index in [1.807, 2.05) is 39.0 Å².